The fourth-order valence-corrected chi connectivity index (χ4v) is 1.34. The van der Waals surface area contributed by atoms with Crippen LogP contribution in [0, 0.1) is 6.92 Å². The highest BCUT2D eigenvalue weighted by molar-refractivity contribution is 5.48. The van der Waals surface area contributed by atoms with Crippen molar-refractivity contribution in [1.29, 1.82) is 0 Å². The third-order valence-electron chi connectivity index (χ3n) is 2.07. The van der Waals surface area contributed by atoms with E-state index in [1.165, 1.54) is 11.1 Å². The SMILES string of the molecule is Cc1cncc(/C=C/CCNC(C)C)c1. The van der Waals surface area contributed by atoms with Crippen LogP contribution in [0.3, 0.4) is 0 Å². The molecular formula is C13H20N2. The van der Waals surface area contributed by atoms with E-state index in [0.29, 0.717) is 6.04 Å². The Bertz CT molecular complexity index is 316. The van der Waals surface area contributed by atoms with Crippen molar-refractivity contribution in [2.24, 2.45) is 0 Å². The summed E-state index contributed by atoms with van der Waals surface area (Å²) in [4.78, 5) is 4.14. The second kappa shape index (κ2) is 6.36. The van der Waals surface area contributed by atoms with Gasteiger partial charge in [-0.05, 0) is 37.1 Å². The quantitative estimate of drug-likeness (QED) is 0.746. The van der Waals surface area contributed by atoms with Gasteiger partial charge in [0.2, 0.25) is 0 Å². The van der Waals surface area contributed by atoms with Gasteiger partial charge in [-0.1, -0.05) is 26.0 Å². The number of rotatable bonds is 5. The molecule has 0 aliphatic heterocycles. The summed E-state index contributed by atoms with van der Waals surface area (Å²) in [6, 6.07) is 2.71. The lowest BCUT2D eigenvalue weighted by Gasteiger charge is -2.04. The predicted molar refractivity (Wildman–Crippen MR) is 65.8 cm³/mol. The molecule has 1 N–H and O–H groups in total. The molecule has 1 heterocycles. The van der Waals surface area contributed by atoms with E-state index in [1.54, 1.807) is 0 Å². The zero-order valence-corrected chi connectivity index (χ0v) is 9.83. The fourth-order valence-electron chi connectivity index (χ4n) is 1.34. The monoisotopic (exact) mass is 204 g/mol. The Balaban J connectivity index is 2.32. The number of aryl methyl sites for hydroxylation is 1. The molecule has 0 radical (unpaired) electrons. The number of hydrogen-bond donors (Lipinski definition) is 1. The first-order chi connectivity index (χ1) is 7.18. The molecule has 82 valence electrons. The van der Waals surface area contributed by atoms with Crippen LogP contribution in [0.4, 0.5) is 0 Å². The molecule has 0 atom stereocenters. The molecule has 1 rings (SSSR count). The topological polar surface area (TPSA) is 24.9 Å². The van der Waals surface area contributed by atoms with Crippen LogP contribution in [0.1, 0.15) is 31.4 Å². The molecule has 0 amide bonds. The molecule has 2 nitrogen and oxygen atoms in total. The Morgan fingerprint density at radius 2 is 2.20 bits per heavy atom. The van der Waals surface area contributed by atoms with Crippen LogP contribution in [0.15, 0.2) is 24.5 Å². The van der Waals surface area contributed by atoms with Gasteiger partial charge in [-0.3, -0.25) is 4.98 Å². The summed E-state index contributed by atoms with van der Waals surface area (Å²) in [7, 11) is 0. The van der Waals surface area contributed by atoms with Gasteiger partial charge in [-0.2, -0.15) is 0 Å². The van der Waals surface area contributed by atoms with Gasteiger partial charge in [-0.25, -0.2) is 0 Å². The van der Waals surface area contributed by atoms with Crippen molar-refractivity contribution in [1.82, 2.24) is 10.3 Å². The van der Waals surface area contributed by atoms with E-state index in [-0.39, 0.29) is 0 Å². The van der Waals surface area contributed by atoms with Crippen LogP contribution in [0.5, 0.6) is 0 Å². The van der Waals surface area contributed by atoms with Crippen molar-refractivity contribution in [3.63, 3.8) is 0 Å². The highest BCUT2D eigenvalue weighted by Crippen LogP contribution is 2.03. The zero-order chi connectivity index (χ0) is 11.1. The van der Waals surface area contributed by atoms with Crippen molar-refractivity contribution < 1.29 is 0 Å². The lowest BCUT2D eigenvalue weighted by atomic mass is 10.2. The molecule has 2 heteroatoms. The second-order valence-electron chi connectivity index (χ2n) is 4.10. The molecule has 0 fully saturated rings. The van der Waals surface area contributed by atoms with E-state index in [4.69, 9.17) is 0 Å². The first-order valence-corrected chi connectivity index (χ1v) is 5.50. The molecule has 0 saturated carbocycles. The number of nitrogens with zero attached hydrogens (tertiary/aromatic N) is 1. The molecule has 0 aromatic carbocycles. The molecule has 0 bridgehead atoms. The van der Waals surface area contributed by atoms with Gasteiger partial charge < -0.3 is 5.32 Å². The Labute approximate surface area is 92.4 Å². The minimum atomic E-state index is 0.569. The first-order valence-electron chi connectivity index (χ1n) is 5.50. The van der Waals surface area contributed by atoms with Crippen LogP contribution in [0.25, 0.3) is 6.08 Å². The van der Waals surface area contributed by atoms with E-state index in [9.17, 15) is 0 Å². The van der Waals surface area contributed by atoms with Crippen molar-refractivity contribution in [3.8, 4) is 0 Å². The minimum Gasteiger partial charge on any atom is -0.314 e. The lowest BCUT2D eigenvalue weighted by Crippen LogP contribution is -2.23. The van der Waals surface area contributed by atoms with Crippen molar-refractivity contribution in [2.45, 2.75) is 33.2 Å². The van der Waals surface area contributed by atoms with Crippen molar-refractivity contribution in [2.75, 3.05) is 6.54 Å². The largest absolute Gasteiger partial charge is 0.314 e. The Kier molecular flexibility index (Phi) is 5.05. The average molecular weight is 204 g/mol. The van der Waals surface area contributed by atoms with Gasteiger partial charge in [-0.15, -0.1) is 0 Å². The molecule has 15 heavy (non-hydrogen) atoms. The van der Waals surface area contributed by atoms with E-state index in [1.807, 2.05) is 12.4 Å². The third kappa shape index (κ3) is 5.33. The Morgan fingerprint density at radius 1 is 1.40 bits per heavy atom. The molecule has 1 aromatic heterocycles. The molecule has 0 aliphatic carbocycles. The maximum Gasteiger partial charge on any atom is 0.0340 e. The van der Waals surface area contributed by atoms with Crippen LogP contribution in [-0.4, -0.2) is 17.6 Å². The number of hydrogen-bond acceptors (Lipinski definition) is 2. The maximum absolute atomic E-state index is 4.14. The third-order valence-corrected chi connectivity index (χ3v) is 2.07. The summed E-state index contributed by atoms with van der Waals surface area (Å²) in [5.41, 5.74) is 2.39. The normalized spacial score (nSPS) is 11.5. The first kappa shape index (κ1) is 11.9. The Hall–Kier alpha value is -1.15. The molecule has 0 unspecified atom stereocenters. The molecule has 0 saturated heterocycles. The molecule has 1 aromatic rings. The molecular weight excluding hydrogens is 184 g/mol. The standard InChI is InChI=1S/C13H20N2/c1-11(2)15-7-5-4-6-13-8-12(3)9-14-10-13/h4,6,8-11,15H,5,7H2,1-3H3/b6-4+. The van der Waals surface area contributed by atoms with E-state index in [0.717, 1.165) is 13.0 Å². The Morgan fingerprint density at radius 3 is 2.87 bits per heavy atom. The summed E-state index contributed by atoms with van der Waals surface area (Å²) in [6.07, 6.45) is 9.14. The average Bonchev–Trinajstić information content (AvgIpc) is 2.17. The lowest BCUT2D eigenvalue weighted by molar-refractivity contribution is 0.595. The number of pyridine rings is 1. The van der Waals surface area contributed by atoms with Crippen LogP contribution in [-0.2, 0) is 0 Å². The molecule has 0 aliphatic rings. The summed E-state index contributed by atoms with van der Waals surface area (Å²) in [5, 5.41) is 3.38. The zero-order valence-electron chi connectivity index (χ0n) is 9.83. The van der Waals surface area contributed by atoms with Gasteiger partial charge in [0.15, 0.2) is 0 Å². The van der Waals surface area contributed by atoms with Crippen LogP contribution in [0.2, 0.25) is 0 Å². The van der Waals surface area contributed by atoms with Gasteiger partial charge in [0.1, 0.15) is 0 Å². The predicted octanol–water partition coefficient (Wildman–Crippen LogP) is 2.79. The summed E-state index contributed by atoms with van der Waals surface area (Å²) >= 11 is 0. The van der Waals surface area contributed by atoms with E-state index in [2.05, 4.69) is 49.3 Å². The summed E-state index contributed by atoms with van der Waals surface area (Å²) < 4.78 is 0. The smallest absolute Gasteiger partial charge is 0.0340 e. The highest BCUT2D eigenvalue weighted by Gasteiger charge is 1.90. The summed E-state index contributed by atoms with van der Waals surface area (Å²) in [6.45, 7) is 7.42. The van der Waals surface area contributed by atoms with Crippen LogP contribution < -0.4 is 5.32 Å². The van der Waals surface area contributed by atoms with Crippen LogP contribution >= 0.6 is 0 Å². The summed E-state index contributed by atoms with van der Waals surface area (Å²) in [5.74, 6) is 0. The van der Waals surface area contributed by atoms with E-state index >= 15 is 0 Å². The van der Waals surface area contributed by atoms with Gasteiger partial charge in [0.05, 0.1) is 0 Å². The van der Waals surface area contributed by atoms with Gasteiger partial charge >= 0.3 is 0 Å². The number of nitrogens with one attached hydrogen (secondary N) is 1. The van der Waals surface area contributed by atoms with Crippen molar-refractivity contribution >= 4 is 6.08 Å². The fraction of sp³-hybridized carbons (Fsp3) is 0.462. The van der Waals surface area contributed by atoms with Crippen molar-refractivity contribution in [3.05, 3.63) is 35.7 Å². The maximum atomic E-state index is 4.14. The van der Waals surface area contributed by atoms with Gasteiger partial charge in [0, 0.05) is 18.4 Å². The van der Waals surface area contributed by atoms with E-state index < -0.39 is 0 Å². The highest BCUT2D eigenvalue weighted by atomic mass is 14.9. The molecule has 0 spiro atoms. The second-order valence-corrected chi connectivity index (χ2v) is 4.10. The number of aromatic nitrogens is 1. The minimum absolute atomic E-state index is 0.569. The van der Waals surface area contributed by atoms with Gasteiger partial charge in [0.25, 0.3) is 0 Å².